The van der Waals surface area contributed by atoms with E-state index >= 15 is 0 Å². The summed E-state index contributed by atoms with van der Waals surface area (Å²) >= 11 is 4.93. The summed E-state index contributed by atoms with van der Waals surface area (Å²) in [5.41, 5.74) is 2.81. The predicted molar refractivity (Wildman–Crippen MR) is 84.9 cm³/mol. The van der Waals surface area contributed by atoms with E-state index in [2.05, 4.69) is 26.2 Å². The minimum atomic E-state index is -0.245. The summed E-state index contributed by atoms with van der Waals surface area (Å²) in [5, 5.41) is 5.95. The number of hydrogen-bond acceptors (Lipinski definition) is 3. The van der Waals surface area contributed by atoms with Crippen LogP contribution in [0.2, 0.25) is 0 Å². The Bertz CT molecular complexity index is 711. The van der Waals surface area contributed by atoms with Crippen molar-refractivity contribution >= 4 is 38.1 Å². The number of hydrogen-bond donors (Lipinski definition) is 1. The molecular formula is C15H10Br2FN2S-. The topological polar surface area (TPSA) is 24.9 Å². The summed E-state index contributed by atoms with van der Waals surface area (Å²) in [6, 6.07) is 14.2. The Kier molecular flexibility index (Phi) is 5.50. The standard InChI is InChI=1S/C15H10BrFN2S.BrH/c16-11-3-1-10(2-4-11)14-9-20-15(19-14)18-13-7-5-12(17)6-8-13;/h1-9H,(H,18,19);1H/p-1. The number of anilines is 2. The van der Waals surface area contributed by atoms with E-state index in [0.717, 1.165) is 26.5 Å². The van der Waals surface area contributed by atoms with Crippen LogP contribution in [0, 0.1) is 5.82 Å². The van der Waals surface area contributed by atoms with Crippen LogP contribution in [-0.4, -0.2) is 4.98 Å². The molecular weight excluding hydrogens is 419 g/mol. The van der Waals surface area contributed by atoms with Crippen molar-refractivity contribution in [1.29, 1.82) is 0 Å². The molecule has 0 aliphatic rings. The number of thiazole rings is 1. The van der Waals surface area contributed by atoms with Crippen LogP contribution >= 0.6 is 27.3 Å². The van der Waals surface area contributed by atoms with Crippen molar-refractivity contribution in [3.63, 3.8) is 0 Å². The first-order chi connectivity index (χ1) is 9.70. The fourth-order valence-electron chi connectivity index (χ4n) is 1.74. The maximum absolute atomic E-state index is 12.8. The van der Waals surface area contributed by atoms with Gasteiger partial charge in [0.1, 0.15) is 5.82 Å². The van der Waals surface area contributed by atoms with Crippen molar-refractivity contribution in [2.24, 2.45) is 0 Å². The molecule has 0 radical (unpaired) electrons. The molecule has 108 valence electrons. The second-order valence-electron chi connectivity index (χ2n) is 4.18. The molecule has 2 nitrogen and oxygen atoms in total. The van der Waals surface area contributed by atoms with Gasteiger partial charge in [0.15, 0.2) is 5.13 Å². The minimum Gasteiger partial charge on any atom is -1.00 e. The molecule has 21 heavy (non-hydrogen) atoms. The first-order valence-electron chi connectivity index (χ1n) is 5.95. The van der Waals surface area contributed by atoms with Crippen LogP contribution in [-0.2, 0) is 0 Å². The van der Waals surface area contributed by atoms with E-state index in [-0.39, 0.29) is 22.8 Å². The van der Waals surface area contributed by atoms with E-state index in [9.17, 15) is 4.39 Å². The third-order valence-electron chi connectivity index (χ3n) is 2.74. The average molecular weight is 429 g/mol. The van der Waals surface area contributed by atoms with Crippen LogP contribution in [0.1, 0.15) is 0 Å². The zero-order chi connectivity index (χ0) is 13.9. The number of nitrogens with zero attached hydrogens (tertiary/aromatic N) is 1. The number of halogens is 3. The van der Waals surface area contributed by atoms with Crippen LogP contribution in [0.5, 0.6) is 0 Å². The second-order valence-corrected chi connectivity index (χ2v) is 5.95. The molecule has 1 heterocycles. The smallest absolute Gasteiger partial charge is 0.187 e. The Hall–Kier alpha value is -1.24. The lowest BCUT2D eigenvalue weighted by molar-refractivity contribution is -0.00000439. The molecule has 0 fully saturated rings. The van der Waals surface area contributed by atoms with Gasteiger partial charge < -0.3 is 22.3 Å². The average Bonchev–Trinajstić information content (AvgIpc) is 2.91. The third-order valence-corrected chi connectivity index (χ3v) is 4.03. The van der Waals surface area contributed by atoms with Gasteiger partial charge in [0, 0.05) is 21.1 Å². The molecule has 6 heteroatoms. The van der Waals surface area contributed by atoms with Crippen molar-refractivity contribution in [2.75, 3.05) is 5.32 Å². The Morgan fingerprint density at radius 3 is 2.33 bits per heavy atom. The van der Waals surface area contributed by atoms with Crippen LogP contribution in [0.25, 0.3) is 11.3 Å². The van der Waals surface area contributed by atoms with Gasteiger partial charge in [-0.25, -0.2) is 9.37 Å². The van der Waals surface area contributed by atoms with Gasteiger partial charge in [-0.2, -0.15) is 0 Å². The van der Waals surface area contributed by atoms with E-state index in [1.807, 2.05) is 29.6 Å². The van der Waals surface area contributed by atoms with Gasteiger partial charge in [0.25, 0.3) is 0 Å². The Morgan fingerprint density at radius 2 is 1.67 bits per heavy atom. The summed E-state index contributed by atoms with van der Waals surface area (Å²) in [7, 11) is 0. The SMILES string of the molecule is Fc1ccc(Nc2nc(-c3ccc(Br)cc3)cs2)cc1.[Br-]. The van der Waals surface area contributed by atoms with E-state index < -0.39 is 0 Å². The molecule has 0 atom stereocenters. The molecule has 1 aromatic heterocycles. The highest BCUT2D eigenvalue weighted by Crippen LogP contribution is 2.27. The number of aromatic nitrogens is 1. The molecule has 2 aromatic carbocycles. The monoisotopic (exact) mass is 427 g/mol. The summed E-state index contributed by atoms with van der Waals surface area (Å²) < 4.78 is 13.9. The van der Waals surface area contributed by atoms with Gasteiger partial charge >= 0.3 is 0 Å². The minimum absolute atomic E-state index is 0. The zero-order valence-electron chi connectivity index (χ0n) is 10.7. The summed E-state index contributed by atoms with van der Waals surface area (Å²) in [4.78, 5) is 4.53. The van der Waals surface area contributed by atoms with Gasteiger partial charge in [-0.05, 0) is 36.4 Å². The molecule has 3 rings (SSSR count). The Morgan fingerprint density at radius 1 is 1.00 bits per heavy atom. The normalized spacial score (nSPS) is 10.0. The largest absolute Gasteiger partial charge is 1.00 e. The van der Waals surface area contributed by atoms with Crippen LogP contribution in [0.4, 0.5) is 15.2 Å². The third kappa shape index (κ3) is 4.12. The van der Waals surface area contributed by atoms with Crippen LogP contribution in [0.15, 0.2) is 58.4 Å². The maximum atomic E-state index is 12.8. The van der Waals surface area contributed by atoms with Crippen molar-refractivity contribution in [2.45, 2.75) is 0 Å². The van der Waals surface area contributed by atoms with Crippen molar-refractivity contribution in [3.05, 3.63) is 64.2 Å². The fourth-order valence-corrected chi connectivity index (χ4v) is 2.75. The highest BCUT2D eigenvalue weighted by molar-refractivity contribution is 9.10. The first-order valence-corrected chi connectivity index (χ1v) is 7.62. The molecule has 3 aromatic rings. The van der Waals surface area contributed by atoms with E-state index in [4.69, 9.17) is 0 Å². The molecule has 0 bridgehead atoms. The van der Waals surface area contributed by atoms with Gasteiger partial charge in [0.2, 0.25) is 0 Å². The number of benzene rings is 2. The van der Waals surface area contributed by atoms with Crippen molar-refractivity contribution < 1.29 is 21.4 Å². The number of rotatable bonds is 3. The highest BCUT2D eigenvalue weighted by atomic mass is 79.9. The second kappa shape index (κ2) is 7.15. The van der Waals surface area contributed by atoms with Gasteiger partial charge in [0.05, 0.1) is 5.69 Å². The molecule has 0 saturated carbocycles. The molecule has 0 spiro atoms. The predicted octanol–water partition coefficient (Wildman–Crippen LogP) is 2.46. The Labute approximate surface area is 145 Å². The molecule has 0 aliphatic heterocycles. The highest BCUT2D eigenvalue weighted by Gasteiger charge is 2.05. The molecule has 1 N–H and O–H groups in total. The first kappa shape index (κ1) is 16.1. The molecule has 0 saturated heterocycles. The summed E-state index contributed by atoms with van der Waals surface area (Å²) in [5.74, 6) is -0.245. The lowest BCUT2D eigenvalue weighted by Crippen LogP contribution is -3.00. The van der Waals surface area contributed by atoms with Gasteiger partial charge in [-0.3, -0.25) is 0 Å². The number of nitrogens with one attached hydrogen (secondary N) is 1. The zero-order valence-corrected chi connectivity index (χ0v) is 14.7. The molecule has 0 unspecified atom stereocenters. The van der Waals surface area contributed by atoms with Gasteiger partial charge in [-0.1, -0.05) is 28.1 Å². The van der Waals surface area contributed by atoms with E-state index in [1.54, 1.807) is 12.1 Å². The molecule has 0 amide bonds. The Balaban J connectivity index is 0.00000161. The van der Waals surface area contributed by atoms with Crippen molar-refractivity contribution in [3.8, 4) is 11.3 Å². The lowest BCUT2D eigenvalue weighted by Gasteiger charge is -2.01. The van der Waals surface area contributed by atoms with Crippen LogP contribution < -0.4 is 22.3 Å². The quantitative estimate of drug-likeness (QED) is 0.693. The van der Waals surface area contributed by atoms with E-state index in [1.165, 1.54) is 23.5 Å². The lowest BCUT2D eigenvalue weighted by atomic mass is 10.2. The van der Waals surface area contributed by atoms with Crippen LogP contribution in [0.3, 0.4) is 0 Å². The molecule has 0 aliphatic carbocycles. The summed E-state index contributed by atoms with van der Waals surface area (Å²) in [6.07, 6.45) is 0. The fraction of sp³-hybridized carbons (Fsp3) is 0. The van der Waals surface area contributed by atoms with E-state index in [0.29, 0.717) is 0 Å². The summed E-state index contributed by atoms with van der Waals surface area (Å²) in [6.45, 7) is 0. The van der Waals surface area contributed by atoms with Crippen molar-refractivity contribution in [1.82, 2.24) is 4.98 Å². The maximum Gasteiger partial charge on any atom is 0.187 e. The van der Waals surface area contributed by atoms with Gasteiger partial charge in [-0.15, -0.1) is 11.3 Å².